The molecule has 0 atom stereocenters. The van der Waals surface area contributed by atoms with Crippen molar-refractivity contribution in [1.29, 1.82) is 0 Å². The normalized spacial score (nSPS) is 19.3. The molecule has 1 aromatic heterocycles. The van der Waals surface area contributed by atoms with Gasteiger partial charge >= 0.3 is 0 Å². The van der Waals surface area contributed by atoms with Crippen LogP contribution in [-0.2, 0) is 0 Å². The second-order valence-electron chi connectivity index (χ2n) is 5.99. The van der Waals surface area contributed by atoms with Gasteiger partial charge in [-0.25, -0.2) is 9.97 Å². The van der Waals surface area contributed by atoms with Gasteiger partial charge in [0.25, 0.3) is 0 Å². The number of nitrogen functional groups attached to an aromatic ring is 1. The summed E-state index contributed by atoms with van der Waals surface area (Å²) in [5, 5.41) is 0. The molecule has 4 heteroatoms. The molecule has 2 aliphatic rings. The lowest BCUT2D eigenvalue weighted by molar-refractivity contribution is 0.695. The van der Waals surface area contributed by atoms with Gasteiger partial charge in [-0.15, -0.1) is 0 Å². The highest BCUT2D eigenvalue weighted by Gasteiger charge is 2.34. The molecule has 2 fully saturated rings. The molecule has 1 heterocycles. The van der Waals surface area contributed by atoms with Gasteiger partial charge in [0, 0.05) is 24.6 Å². The Labute approximate surface area is 109 Å². The van der Waals surface area contributed by atoms with Crippen molar-refractivity contribution in [3.05, 3.63) is 11.9 Å². The lowest BCUT2D eigenvalue weighted by Crippen LogP contribution is -2.29. The van der Waals surface area contributed by atoms with Crippen LogP contribution in [-0.4, -0.2) is 22.6 Å². The van der Waals surface area contributed by atoms with Gasteiger partial charge in [-0.2, -0.15) is 0 Å². The van der Waals surface area contributed by atoms with E-state index in [0.29, 0.717) is 17.8 Å². The number of hydrogen-bond acceptors (Lipinski definition) is 4. The Morgan fingerprint density at radius 1 is 1.28 bits per heavy atom. The van der Waals surface area contributed by atoms with Gasteiger partial charge in [0.05, 0.1) is 0 Å². The number of nitrogens with two attached hydrogens (primary N) is 1. The zero-order chi connectivity index (χ0) is 12.7. The molecule has 0 aromatic carbocycles. The summed E-state index contributed by atoms with van der Waals surface area (Å²) < 4.78 is 0. The molecule has 0 amide bonds. The van der Waals surface area contributed by atoms with Crippen molar-refractivity contribution in [2.75, 3.05) is 17.2 Å². The van der Waals surface area contributed by atoms with E-state index in [9.17, 15) is 0 Å². The molecule has 2 aliphatic carbocycles. The van der Waals surface area contributed by atoms with E-state index in [-0.39, 0.29) is 0 Å². The number of anilines is 2. The van der Waals surface area contributed by atoms with Gasteiger partial charge in [0.15, 0.2) is 0 Å². The van der Waals surface area contributed by atoms with E-state index in [0.717, 1.165) is 24.1 Å². The maximum atomic E-state index is 5.92. The number of aromatic nitrogens is 2. The van der Waals surface area contributed by atoms with Crippen molar-refractivity contribution in [1.82, 2.24) is 9.97 Å². The minimum absolute atomic E-state index is 0.328. The third-order valence-corrected chi connectivity index (χ3v) is 3.70. The van der Waals surface area contributed by atoms with Gasteiger partial charge in [-0.3, -0.25) is 0 Å². The Kier molecular flexibility index (Phi) is 2.88. The molecule has 18 heavy (non-hydrogen) atoms. The maximum Gasteiger partial charge on any atom is 0.135 e. The fourth-order valence-electron chi connectivity index (χ4n) is 2.27. The Balaban J connectivity index is 1.87. The minimum Gasteiger partial charge on any atom is -0.384 e. The van der Waals surface area contributed by atoms with Gasteiger partial charge in [-0.05, 0) is 31.6 Å². The van der Waals surface area contributed by atoms with Gasteiger partial charge < -0.3 is 10.6 Å². The fraction of sp³-hybridized carbons (Fsp3) is 0.714. The summed E-state index contributed by atoms with van der Waals surface area (Å²) in [6.07, 6.45) is 5.35. The molecule has 0 bridgehead atoms. The fourth-order valence-corrected chi connectivity index (χ4v) is 2.27. The van der Waals surface area contributed by atoms with Crippen molar-refractivity contribution >= 4 is 11.6 Å². The highest BCUT2D eigenvalue weighted by Crippen LogP contribution is 2.37. The predicted molar refractivity (Wildman–Crippen MR) is 73.6 cm³/mol. The average Bonchev–Trinajstić information content (AvgIpc) is 3.17. The Morgan fingerprint density at radius 2 is 2.00 bits per heavy atom. The highest BCUT2D eigenvalue weighted by molar-refractivity contribution is 5.49. The Morgan fingerprint density at radius 3 is 2.56 bits per heavy atom. The van der Waals surface area contributed by atoms with Crippen LogP contribution in [0.3, 0.4) is 0 Å². The molecule has 0 saturated heterocycles. The van der Waals surface area contributed by atoms with Gasteiger partial charge in [0.2, 0.25) is 0 Å². The third-order valence-electron chi connectivity index (χ3n) is 3.70. The molecule has 0 aliphatic heterocycles. The van der Waals surface area contributed by atoms with Gasteiger partial charge in [-0.1, -0.05) is 13.8 Å². The molecular formula is C14H22N4. The van der Waals surface area contributed by atoms with E-state index < -0.39 is 0 Å². The molecule has 1 aromatic rings. The van der Waals surface area contributed by atoms with Crippen LogP contribution in [0.25, 0.3) is 0 Å². The molecule has 4 nitrogen and oxygen atoms in total. The smallest absolute Gasteiger partial charge is 0.135 e. The molecule has 0 radical (unpaired) electrons. The van der Waals surface area contributed by atoms with E-state index in [1.165, 1.54) is 25.7 Å². The first-order chi connectivity index (χ1) is 8.63. The van der Waals surface area contributed by atoms with Crippen LogP contribution >= 0.6 is 0 Å². The number of hydrogen-bond donors (Lipinski definition) is 1. The van der Waals surface area contributed by atoms with Crippen LogP contribution in [0.1, 0.15) is 51.3 Å². The summed E-state index contributed by atoms with van der Waals surface area (Å²) in [6.45, 7) is 5.38. The van der Waals surface area contributed by atoms with E-state index in [1.807, 2.05) is 6.07 Å². The first kappa shape index (κ1) is 11.8. The zero-order valence-corrected chi connectivity index (χ0v) is 11.3. The van der Waals surface area contributed by atoms with Crippen molar-refractivity contribution < 1.29 is 0 Å². The predicted octanol–water partition coefficient (Wildman–Crippen LogP) is 2.56. The van der Waals surface area contributed by atoms with E-state index in [4.69, 9.17) is 10.7 Å². The molecule has 2 saturated carbocycles. The van der Waals surface area contributed by atoms with Crippen LogP contribution in [0.15, 0.2) is 6.07 Å². The lowest BCUT2D eigenvalue weighted by Gasteiger charge is -2.24. The van der Waals surface area contributed by atoms with Crippen molar-refractivity contribution in [3.8, 4) is 0 Å². The molecule has 3 rings (SSSR count). The van der Waals surface area contributed by atoms with E-state index in [2.05, 4.69) is 23.7 Å². The van der Waals surface area contributed by atoms with Crippen molar-refractivity contribution in [2.45, 2.75) is 51.5 Å². The van der Waals surface area contributed by atoms with Crippen molar-refractivity contribution in [3.63, 3.8) is 0 Å². The SMILES string of the molecule is CC(C)c1nc(N)cc(N(CC2CC2)C2CC2)n1. The standard InChI is InChI=1S/C14H22N4/c1-9(2)14-16-12(15)7-13(17-14)18(11-5-6-11)8-10-3-4-10/h7,9-11H,3-6,8H2,1-2H3,(H2,15,16,17). The summed E-state index contributed by atoms with van der Waals surface area (Å²) in [6, 6.07) is 2.63. The first-order valence-electron chi connectivity index (χ1n) is 7.04. The minimum atomic E-state index is 0.328. The monoisotopic (exact) mass is 246 g/mol. The summed E-state index contributed by atoms with van der Waals surface area (Å²) >= 11 is 0. The quantitative estimate of drug-likeness (QED) is 0.867. The van der Waals surface area contributed by atoms with Crippen molar-refractivity contribution in [2.24, 2.45) is 5.92 Å². The lowest BCUT2D eigenvalue weighted by atomic mass is 10.2. The Bertz CT molecular complexity index is 435. The van der Waals surface area contributed by atoms with Crippen LogP contribution in [0.4, 0.5) is 11.6 Å². The van der Waals surface area contributed by atoms with Crippen LogP contribution in [0.2, 0.25) is 0 Å². The van der Waals surface area contributed by atoms with Crippen LogP contribution in [0, 0.1) is 5.92 Å². The Hall–Kier alpha value is -1.32. The second-order valence-corrected chi connectivity index (χ2v) is 5.99. The number of rotatable bonds is 5. The topological polar surface area (TPSA) is 55.0 Å². The largest absolute Gasteiger partial charge is 0.384 e. The molecule has 98 valence electrons. The summed E-state index contributed by atoms with van der Waals surface area (Å²) in [7, 11) is 0. The first-order valence-corrected chi connectivity index (χ1v) is 7.04. The van der Waals surface area contributed by atoms with E-state index >= 15 is 0 Å². The summed E-state index contributed by atoms with van der Waals surface area (Å²) in [5.41, 5.74) is 5.92. The molecular weight excluding hydrogens is 224 g/mol. The zero-order valence-electron chi connectivity index (χ0n) is 11.3. The molecule has 0 spiro atoms. The van der Waals surface area contributed by atoms with Crippen LogP contribution in [0.5, 0.6) is 0 Å². The summed E-state index contributed by atoms with van der Waals surface area (Å²) in [4.78, 5) is 11.5. The molecule has 2 N–H and O–H groups in total. The third kappa shape index (κ3) is 2.57. The van der Waals surface area contributed by atoms with E-state index in [1.54, 1.807) is 0 Å². The highest BCUT2D eigenvalue weighted by atomic mass is 15.2. The summed E-state index contributed by atoms with van der Waals surface area (Å²) in [5.74, 6) is 3.72. The maximum absolute atomic E-state index is 5.92. The molecule has 0 unspecified atom stereocenters. The van der Waals surface area contributed by atoms with Crippen LogP contribution < -0.4 is 10.6 Å². The average molecular weight is 246 g/mol. The van der Waals surface area contributed by atoms with Gasteiger partial charge in [0.1, 0.15) is 17.5 Å². The number of nitrogens with zero attached hydrogens (tertiary/aromatic N) is 3. The second kappa shape index (κ2) is 4.41.